The van der Waals surface area contributed by atoms with Crippen molar-refractivity contribution in [2.75, 3.05) is 4.90 Å². The summed E-state index contributed by atoms with van der Waals surface area (Å²) in [6.45, 7) is 3.52. The van der Waals surface area contributed by atoms with Crippen molar-refractivity contribution in [3.8, 4) is 0 Å². The standard InChI is InChI=1S/C16H14N2O5/c1-8-3-4-9(18(21)22)7-10(8)17-14(19)12-11-5-6-16(2,23-11)13(12)15(17)20/h3-7,11-13H,1-2H3/t11-,12-,13+,16-/m1/s1. The van der Waals surface area contributed by atoms with Gasteiger partial charge in [-0.05, 0) is 19.4 Å². The number of aryl methyl sites for hydroxylation is 1. The van der Waals surface area contributed by atoms with Crippen LogP contribution in [0.4, 0.5) is 11.4 Å². The first-order valence-electron chi connectivity index (χ1n) is 7.33. The number of nitro benzene ring substituents is 1. The normalized spacial score (nSPS) is 34.3. The smallest absolute Gasteiger partial charge is 0.271 e. The average molecular weight is 314 g/mol. The molecule has 0 N–H and O–H groups in total. The molecule has 0 saturated carbocycles. The summed E-state index contributed by atoms with van der Waals surface area (Å²) in [5, 5.41) is 11.0. The minimum absolute atomic E-state index is 0.146. The zero-order valence-electron chi connectivity index (χ0n) is 12.6. The van der Waals surface area contributed by atoms with Crippen LogP contribution in [0.2, 0.25) is 0 Å². The van der Waals surface area contributed by atoms with E-state index in [1.807, 2.05) is 12.2 Å². The van der Waals surface area contributed by atoms with Crippen molar-refractivity contribution >= 4 is 23.2 Å². The molecule has 2 amide bonds. The summed E-state index contributed by atoms with van der Waals surface area (Å²) in [6.07, 6.45) is 3.25. The lowest BCUT2D eigenvalue weighted by atomic mass is 9.78. The lowest BCUT2D eigenvalue weighted by molar-refractivity contribution is -0.384. The van der Waals surface area contributed by atoms with Gasteiger partial charge in [0.05, 0.1) is 34.2 Å². The molecule has 0 spiro atoms. The second-order valence-corrected chi connectivity index (χ2v) is 6.37. The Balaban J connectivity index is 1.81. The molecule has 4 rings (SSSR count). The van der Waals surface area contributed by atoms with E-state index in [2.05, 4.69) is 0 Å². The van der Waals surface area contributed by atoms with Gasteiger partial charge in [0.25, 0.3) is 5.69 Å². The summed E-state index contributed by atoms with van der Waals surface area (Å²) in [5.41, 5.74) is 0.00732. The fraction of sp³-hybridized carbons (Fsp3) is 0.375. The number of carbonyl (C=O) groups is 2. The van der Waals surface area contributed by atoms with Gasteiger partial charge in [0, 0.05) is 12.1 Å². The summed E-state index contributed by atoms with van der Waals surface area (Å²) in [4.78, 5) is 37.2. The third-order valence-electron chi connectivity index (χ3n) is 4.97. The van der Waals surface area contributed by atoms with E-state index in [1.54, 1.807) is 19.9 Å². The molecule has 2 bridgehead atoms. The number of anilines is 1. The second kappa shape index (κ2) is 4.26. The molecule has 2 saturated heterocycles. The molecule has 118 valence electrons. The Morgan fingerprint density at radius 3 is 2.70 bits per heavy atom. The topological polar surface area (TPSA) is 89.8 Å². The number of rotatable bonds is 2. The number of nitro groups is 1. The van der Waals surface area contributed by atoms with Gasteiger partial charge in [-0.25, -0.2) is 4.90 Å². The number of imide groups is 1. The third kappa shape index (κ3) is 1.68. The van der Waals surface area contributed by atoms with Gasteiger partial charge in [-0.1, -0.05) is 18.2 Å². The molecule has 1 aromatic rings. The number of nitrogens with zero attached hydrogens (tertiary/aromatic N) is 2. The Hall–Kier alpha value is -2.54. The summed E-state index contributed by atoms with van der Waals surface area (Å²) in [7, 11) is 0. The van der Waals surface area contributed by atoms with E-state index >= 15 is 0 Å². The van der Waals surface area contributed by atoms with Gasteiger partial charge in [0.1, 0.15) is 0 Å². The lowest BCUT2D eigenvalue weighted by Gasteiger charge is -2.24. The van der Waals surface area contributed by atoms with Crippen molar-refractivity contribution in [1.29, 1.82) is 0 Å². The molecule has 0 aromatic heterocycles. The average Bonchev–Trinajstić information content (AvgIpc) is 3.09. The van der Waals surface area contributed by atoms with Gasteiger partial charge in [-0.3, -0.25) is 19.7 Å². The SMILES string of the molecule is Cc1ccc([N+](=O)[O-])cc1N1C(=O)[C@H]2[C@@H](C1=O)[C@@]1(C)C=C[C@H]2O1. The van der Waals surface area contributed by atoms with E-state index in [4.69, 9.17) is 4.74 Å². The Bertz CT molecular complexity index is 802. The van der Waals surface area contributed by atoms with Gasteiger partial charge in [-0.15, -0.1) is 0 Å². The second-order valence-electron chi connectivity index (χ2n) is 6.37. The predicted molar refractivity (Wildman–Crippen MR) is 79.7 cm³/mol. The summed E-state index contributed by atoms with van der Waals surface area (Å²) >= 11 is 0. The molecule has 0 unspecified atom stereocenters. The maximum absolute atomic E-state index is 12.8. The van der Waals surface area contributed by atoms with E-state index in [1.165, 1.54) is 12.1 Å². The number of hydrogen-bond donors (Lipinski definition) is 0. The van der Waals surface area contributed by atoms with Crippen LogP contribution in [-0.2, 0) is 14.3 Å². The van der Waals surface area contributed by atoms with E-state index < -0.39 is 28.5 Å². The minimum atomic E-state index is -0.772. The summed E-state index contributed by atoms with van der Waals surface area (Å²) in [5.74, 6) is -1.81. The maximum atomic E-state index is 12.8. The van der Waals surface area contributed by atoms with Crippen LogP contribution in [0.3, 0.4) is 0 Å². The fourth-order valence-corrected chi connectivity index (χ4v) is 3.84. The van der Waals surface area contributed by atoms with Gasteiger partial charge in [0.15, 0.2) is 0 Å². The zero-order valence-corrected chi connectivity index (χ0v) is 12.6. The number of benzene rings is 1. The van der Waals surface area contributed by atoms with Crippen molar-refractivity contribution in [1.82, 2.24) is 0 Å². The molecule has 1 aromatic carbocycles. The summed E-state index contributed by atoms with van der Waals surface area (Å²) in [6, 6.07) is 4.19. The largest absolute Gasteiger partial charge is 0.362 e. The quantitative estimate of drug-likeness (QED) is 0.359. The van der Waals surface area contributed by atoms with E-state index in [0.717, 1.165) is 4.90 Å². The summed E-state index contributed by atoms with van der Waals surface area (Å²) < 4.78 is 5.76. The highest BCUT2D eigenvalue weighted by Gasteiger charge is 2.66. The molecule has 3 aliphatic rings. The third-order valence-corrected chi connectivity index (χ3v) is 4.97. The maximum Gasteiger partial charge on any atom is 0.271 e. The molecule has 7 nitrogen and oxygen atoms in total. The van der Waals surface area contributed by atoms with Crippen molar-refractivity contribution in [3.05, 3.63) is 46.0 Å². The molecule has 3 aliphatic heterocycles. The van der Waals surface area contributed by atoms with Gasteiger partial charge >= 0.3 is 0 Å². The molecule has 0 radical (unpaired) electrons. The van der Waals surface area contributed by atoms with Crippen LogP contribution in [-0.4, -0.2) is 28.4 Å². The Kier molecular flexibility index (Phi) is 2.61. The number of hydrogen-bond acceptors (Lipinski definition) is 5. The molecule has 4 atom stereocenters. The van der Waals surface area contributed by atoms with E-state index in [9.17, 15) is 19.7 Å². The van der Waals surface area contributed by atoms with Gasteiger partial charge in [0.2, 0.25) is 11.8 Å². The van der Waals surface area contributed by atoms with E-state index in [0.29, 0.717) is 5.56 Å². The Labute approximate surface area is 131 Å². The molecule has 7 heteroatoms. The van der Waals surface area contributed by atoms with Crippen LogP contribution < -0.4 is 4.90 Å². The van der Waals surface area contributed by atoms with Gasteiger partial charge in [-0.2, -0.15) is 0 Å². The lowest BCUT2D eigenvalue weighted by Crippen LogP contribution is -2.38. The molecule has 0 aliphatic carbocycles. The molecular weight excluding hydrogens is 300 g/mol. The first-order chi connectivity index (χ1) is 10.8. The van der Waals surface area contributed by atoms with Crippen molar-refractivity contribution < 1.29 is 19.2 Å². The number of amides is 2. The first kappa shape index (κ1) is 14.1. The van der Waals surface area contributed by atoms with Crippen LogP contribution in [0.1, 0.15) is 12.5 Å². The molecule has 3 heterocycles. The zero-order chi connectivity index (χ0) is 16.5. The number of fused-ring (bicyclic) bond motifs is 5. The first-order valence-corrected chi connectivity index (χ1v) is 7.33. The van der Waals surface area contributed by atoms with E-state index in [-0.39, 0.29) is 23.2 Å². The highest BCUT2D eigenvalue weighted by Crippen LogP contribution is 2.52. The predicted octanol–water partition coefficient (Wildman–Crippen LogP) is 1.74. The van der Waals surface area contributed by atoms with Crippen molar-refractivity contribution in [2.45, 2.75) is 25.6 Å². The van der Waals surface area contributed by atoms with Crippen LogP contribution in [0.15, 0.2) is 30.4 Å². The van der Waals surface area contributed by atoms with Crippen LogP contribution in [0.5, 0.6) is 0 Å². The number of ether oxygens (including phenoxy) is 1. The monoisotopic (exact) mass is 314 g/mol. The highest BCUT2D eigenvalue weighted by molar-refractivity contribution is 6.23. The van der Waals surface area contributed by atoms with Gasteiger partial charge < -0.3 is 4.74 Å². The van der Waals surface area contributed by atoms with Crippen LogP contribution in [0.25, 0.3) is 0 Å². The fourth-order valence-electron chi connectivity index (χ4n) is 3.84. The van der Waals surface area contributed by atoms with Crippen LogP contribution >= 0.6 is 0 Å². The van der Waals surface area contributed by atoms with Crippen molar-refractivity contribution in [3.63, 3.8) is 0 Å². The number of non-ortho nitro benzene ring substituents is 1. The Morgan fingerprint density at radius 1 is 1.30 bits per heavy atom. The highest BCUT2D eigenvalue weighted by atomic mass is 16.6. The molecule has 23 heavy (non-hydrogen) atoms. The van der Waals surface area contributed by atoms with Crippen molar-refractivity contribution in [2.24, 2.45) is 11.8 Å². The Morgan fingerprint density at radius 2 is 2.04 bits per heavy atom. The molecule has 2 fully saturated rings. The molecular formula is C16H14N2O5. The van der Waals surface area contributed by atoms with Crippen LogP contribution in [0, 0.1) is 28.9 Å². The minimum Gasteiger partial charge on any atom is -0.362 e. The number of carbonyl (C=O) groups excluding carboxylic acids is 2.